The number of aliphatic hydroxyl groups excluding tert-OH is 1. The van der Waals surface area contributed by atoms with Crippen molar-refractivity contribution < 1.29 is 39.8 Å². The predicted molar refractivity (Wildman–Crippen MR) is 81.2 cm³/mol. The van der Waals surface area contributed by atoms with Crippen LogP contribution in [0.1, 0.15) is 15.9 Å². The summed E-state index contributed by atoms with van der Waals surface area (Å²) in [7, 11) is 1.26. The Balaban J connectivity index is 2.33. The van der Waals surface area contributed by atoms with Gasteiger partial charge < -0.3 is 35.0 Å². The number of rotatable bonds is 5. The van der Waals surface area contributed by atoms with Crippen molar-refractivity contribution in [1.82, 2.24) is 0 Å². The van der Waals surface area contributed by atoms with E-state index < -0.39 is 23.8 Å². The summed E-state index contributed by atoms with van der Waals surface area (Å²) in [6.07, 6.45) is -1.44. The number of hydrogen-bond donors (Lipinski definition) is 5. The summed E-state index contributed by atoms with van der Waals surface area (Å²) in [6, 6.07) is 5.46. The molecule has 128 valence electrons. The summed E-state index contributed by atoms with van der Waals surface area (Å²) in [5.74, 6) is -2.71. The van der Waals surface area contributed by atoms with Crippen LogP contribution in [-0.4, -0.2) is 44.9 Å². The Bertz CT molecular complexity index is 756. The molecule has 0 heterocycles. The maximum Gasteiger partial charge on any atom is 0.343 e. The fourth-order valence-electron chi connectivity index (χ4n) is 1.98. The lowest BCUT2D eigenvalue weighted by molar-refractivity contribution is -0.0725. The van der Waals surface area contributed by atoms with Gasteiger partial charge in [0.1, 0.15) is 17.2 Å². The van der Waals surface area contributed by atoms with E-state index in [9.17, 15) is 30.3 Å². The molecule has 0 bridgehead atoms. The quantitative estimate of drug-likeness (QED) is 0.238. The number of benzene rings is 2. The molecule has 0 radical (unpaired) electrons. The lowest BCUT2D eigenvalue weighted by atomic mass is 10.1. The number of aliphatic hydroxyl groups is 1. The number of aromatic hydroxyl groups is 4. The molecular formula is C16H16O8. The molecule has 0 aliphatic rings. The average molecular weight is 336 g/mol. The zero-order valence-electron chi connectivity index (χ0n) is 12.6. The van der Waals surface area contributed by atoms with Gasteiger partial charge in [0.05, 0.1) is 5.56 Å². The van der Waals surface area contributed by atoms with Crippen LogP contribution in [0, 0.1) is 0 Å². The molecule has 1 atom stereocenters. The van der Waals surface area contributed by atoms with Gasteiger partial charge in [-0.2, -0.15) is 0 Å². The van der Waals surface area contributed by atoms with Crippen LogP contribution in [0.5, 0.6) is 28.7 Å². The van der Waals surface area contributed by atoms with Crippen LogP contribution in [0.2, 0.25) is 0 Å². The van der Waals surface area contributed by atoms with Crippen molar-refractivity contribution in [3.8, 4) is 28.7 Å². The number of ether oxygens (including phenoxy) is 2. The van der Waals surface area contributed by atoms with Crippen LogP contribution in [-0.2, 0) is 11.2 Å². The van der Waals surface area contributed by atoms with Gasteiger partial charge >= 0.3 is 5.97 Å². The van der Waals surface area contributed by atoms with Gasteiger partial charge in [-0.15, -0.1) is 0 Å². The second kappa shape index (κ2) is 7.07. The average Bonchev–Trinajstić information content (AvgIpc) is 2.52. The van der Waals surface area contributed by atoms with E-state index in [0.29, 0.717) is 0 Å². The van der Waals surface area contributed by atoms with E-state index in [1.165, 1.54) is 13.2 Å². The molecule has 24 heavy (non-hydrogen) atoms. The maximum atomic E-state index is 12.1. The van der Waals surface area contributed by atoms with Gasteiger partial charge in [0.2, 0.25) is 0 Å². The lowest BCUT2D eigenvalue weighted by Gasteiger charge is -2.15. The molecule has 0 spiro atoms. The summed E-state index contributed by atoms with van der Waals surface area (Å²) in [6.45, 7) is 0. The molecule has 0 saturated carbocycles. The van der Waals surface area contributed by atoms with Gasteiger partial charge in [-0.05, 0) is 18.2 Å². The maximum absolute atomic E-state index is 12.1. The fraction of sp³-hybridized carbons (Fsp3) is 0.188. The third-order valence-corrected chi connectivity index (χ3v) is 3.23. The molecule has 0 amide bonds. The van der Waals surface area contributed by atoms with E-state index in [4.69, 9.17) is 9.47 Å². The Labute approximate surface area is 136 Å². The topological polar surface area (TPSA) is 137 Å². The Morgan fingerprint density at radius 2 is 1.75 bits per heavy atom. The van der Waals surface area contributed by atoms with Gasteiger partial charge in [0, 0.05) is 31.2 Å². The van der Waals surface area contributed by atoms with Crippen molar-refractivity contribution in [3.05, 3.63) is 41.5 Å². The first-order valence-corrected chi connectivity index (χ1v) is 6.81. The van der Waals surface area contributed by atoms with E-state index >= 15 is 0 Å². The van der Waals surface area contributed by atoms with E-state index in [-0.39, 0.29) is 34.8 Å². The molecular weight excluding hydrogens is 320 g/mol. The summed E-state index contributed by atoms with van der Waals surface area (Å²) >= 11 is 0. The molecule has 1 unspecified atom stereocenters. The highest BCUT2D eigenvalue weighted by Gasteiger charge is 2.19. The molecule has 2 aromatic carbocycles. The van der Waals surface area contributed by atoms with E-state index in [1.807, 2.05) is 0 Å². The van der Waals surface area contributed by atoms with Crippen molar-refractivity contribution in [2.24, 2.45) is 0 Å². The number of carbonyl (C=O) groups is 1. The van der Waals surface area contributed by atoms with Crippen LogP contribution in [0.3, 0.4) is 0 Å². The lowest BCUT2D eigenvalue weighted by Crippen LogP contribution is -2.15. The Kier molecular flexibility index (Phi) is 5.12. The number of carbonyl (C=O) groups excluding carboxylic acids is 1. The minimum Gasteiger partial charge on any atom is -0.508 e. The fourth-order valence-corrected chi connectivity index (χ4v) is 1.98. The van der Waals surface area contributed by atoms with Crippen LogP contribution >= 0.6 is 0 Å². The van der Waals surface area contributed by atoms with E-state index in [0.717, 1.165) is 24.3 Å². The molecule has 0 aliphatic carbocycles. The Hall–Kier alpha value is -2.97. The monoisotopic (exact) mass is 336 g/mol. The number of phenolic OH excluding ortho intramolecular Hbond substituents is 4. The molecule has 0 aromatic heterocycles. The third kappa shape index (κ3) is 3.86. The minimum atomic E-state index is -1.25. The predicted octanol–water partition coefficient (Wildman–Crippen LogP) is 1.24. The highest BCUT2D eigenvalue weighted by Crippen LogP contribution is 2.35. The van der Waals surface area contributed by atoms with Crippen molar-refractivity contribution >= 4 is 5.97 Å². The van der Waals surface area contributed by atoms with Crippen molar-refractivity contribution in [3.63, 3.8) is 0 Å². The van der Waals surface area contributed by atoms with Crippen molar-refractivity contribution in [1.29, 1.82) is 0 Å². The molecule has 2 rings (SSSR count). The zero-order chi connectivity index (χ0) is 17.9. The summed E-state index contributed by atoms with van der Waals surface area (Å²) in [5.41, 5.74) is -0.00938. The second-order valence-corrected chi connectivity index (χ2v) is 4.93. The van der Waals surface area contributed by atoms with Gasteiger partial charge in [-0.3, -0.25) is 0 Å². The van der Waals surface area contributed by atoms with Crippen LogP contribution in [0.25, 0.3) is 0 Å². The van der Waals surface area contributed by atoms with Gasteiger partial charge in [-0.1, -0.05) is 0 Å². The number of hydrogen-bond acceptors (Lipinski definition) is 8. The van der Waals surface area contributed by atoms with Gasteiger partial charge in [0.15, 0.2) is 17.8 Å². The number of esters is 1. The Morgan fingerprint density at radius 1 is 1.04 bits per heavy atom. The minimum absolute atomic E-state index is 0.0542. The zero-order valence-corrected chi connectivity index (χ0v) is 12.6. The second-order valence-electron chi connectivity index (χ2n) is 4.93. The SMILES string of the molecule is COC(O)Cc1c(O)cc(O)cc1OC(=O)c1ccc(O)c(O)c1. The smallest absolute Gasteiger partial charge is 0.343 e. The molecule has 2 aromatic rings. The van der Waals surface area contributed by atoms with E-state index in [1.54, 1.807) is 0 Å². The molecule has 5 N–H and O–H groups in total. The van der Waals surface area contributed by atoms with Gasteiger partial charge in [0.25, 0.3) is 0 Å². The van der Waals surface area contributed by atoms with Crippen LogP contribution in [0.15, 0.2) is 30.3 Å². The summed E-state index contributed by atoms with van der Waals surface area (Å²) in [5, 5.41) is 47.7. The first-order valence-electron chi connectivity index (χ1n) is 6.81. The molecule has 8 heteroatoms. The number of phenols is 4. The summed E-state index contributed by atoms with van der Waals surface area (Å²) < 4.78 is 9.81. The highest BCUT2D eigenvalue weighted by molar-refractivity contribution is 5.92. The van der Waals surface area contributed by atoms with Crippen LogP contribution in [0.4, 0.5) is 0 Å². The molecule has 8 nitrogen and oxygen atoms in total. The molecule has 0 aliphatic heterocycles. The Morgan fingerprint density at radius 3 is 2.38 bits per heavy atom. The number of methoxy groups -OCH3 is 1. The van der Waals surface area contributed by atoms with Crippen molar-refractivity contribution in [2.75, 3.05) is 7.11 Å². The van der Waals surface area contributed by atoms with Gasteiger partial charge in [-0.25, -0.2) is 4.79 Å². The first kappa shape index (κ1) is 17.4. The largest absolute Gasteiger partial charge is 0.508 e. The van der Waals surface area contributed by atoms with Crippen LogP contribution < -0.4 is 4.74 Å². The normalized spacial score (nSPS) is 11.9. The van der Waals surface area contributed by atoms with E-state index in [2.05, 4.69) is 0 Å². The molecule has 0 saturated heterocycles. The highest BCUT2D eigenvalue weighted by atomic mass is 16.6. The standard InChI is InChI=1S/C16H16O8/c1-23-15(21)7-10-12(19)5-9(17)6-14(10)24-16(22)8-2-3-11(18)13(20)4-8/h2-6,15,17-21H,7H2,1H3. The summed E-state index contributed by atoms with van der Waals surface area (Å²) in [4.78, 5) is 12.1. The molecule has 0 fully saturated rings. The third-order valence-electron chi connectivity index (χ3n) is 3.23. The first-order chi connectivity index (χ1) is 11.3. The van der Waals surface area contributed by atoms with Crippen molar-refractivity contribution in [2.45, 2.75) is 12.7 Å².